The summed E-state index contributed by atoms with van der Waals surface area (Å²) in [6.45, 7) is 10.6. The van der Waals surface area contributed by atoms with Gasteiger partial charge in [-0.3, -0.25) is 0 Å². The van der Waals surface area contributed by atoms with Crippen molar-refractivity contribution in [1.82, 2.24) is 4.90 Å². The van der Waals surface area contributed by atoms with E-state index in [9.17, 15) is 0 Å². The Balaban J connectivity index is 0.00000264. The molecule has 2 nitrogen and oxygen atoms in total. The molecule has 3 heteroatoms. The number of nitrogens with zero attached hydrogens (tertiary/aromatic N) is 1. The molecule has 0 N–H and O–H groups in total. The van der Waals surface area contributed by atoms with Crippen LogP contribution in [0.25, 0.3) is 10.8 Å². The molecule has 2 rings (SSSR count). The van der Waals surface area contributed by atoms with E-state index in [2.05, 4.69) is 62.1 Å². The first-order valence-electron chi connectivity index (χ1n) is 8.65. The zero-order chi connectivity index (χ0) is 15.8. The summed E-state index contributed by atoms with van der Waals surface area (Å²) in [5.41, 5.74) is 1.37. The topological polar surface area (TPSA) is 12.5 Å². The van der Waals surface area contributed by atoms with E-state index in [0.29, 0.717) is 0 Å². The minimum Gasteiger partial charge on any atom is -1.00 e. The van der Waals surface area contributed by atoms with Gasteiger partial charge < -0.3 is 22.0 Å². The monoisotopic (exact) mass is 334 g/mol. The third-order valence-corrected chi connectivity index (χ3v) is 4.34. The summed E-state index contributed by atoms with van der Waals surface area (Å²) in [4.78, 5) is 2.40. The number of hydrogen-bond acceptors (Lipinski definition) is 2. The van der Waals surface area contributed by atoms with Crippen molar-refractivity contribution < 1.29 is 17.1 Å². The van der Waals surface area contributed by atoms with Gasteiger partial charge in [0.05, 0.1) is 0 Å². The number of likely N-dealkylation sites (N-methyl/N-ethyl adjacent to an activating group) is 1. The van der Waals surface area contributed by atoms with Crippen LogP contribution in [0.5, 0.6) is 5.75 Å². The molecule has 0 fully saturated rings. The lowest BCUT2D eigenvalue weighted by molar-refractivity contribution is -0.00000508. The highest BCUT2D eigenvalue weighted by Crippen LogP contribution is 2.29. The summed E-state index contributed by atoms with van der Waals surface area (Å²) >= 11 is 0. The van der Waals surface area contributed by atoms with Gasteiger partial charge in [-0.2, -0.15) is 0 Å². The van der Waals surface area contributed by atoms with E-state index in [0.717, 1.165) is 38.4 Å². The van der Waals surface area contributed by atoms with Gasteiger partial charge in [0.15, 0.2) is 0 Å². The fraction of sp³-hybridized carbons (Fsp3) is 0.500. The molecule has 0 aromatic heterocycles. The van der Waals surface area contributed by atoms with E-state index >= 15 is 0 Å². The Labute approximate surface area is 147 Å². The summed E-state index contributed by atoms with van der Waals surface area (Å²) in [6, 6.07) is 13.0. The van der Waals surface area contributed by atoms with Gasteiger partial charge >= 0.3 is 0 Å². The third kappa shape index (κ3) is 5.40. The summed E-state index contributed by atoms with van der Waals surface area (Å²) in [6.07, 6.45) is 3.51. The number of hydrogen-bond donors (Lipinski definition) is 0. The molecule has 0 bridgehead atoms. The van der Waals surface area contributed by atoms with Crippen molar-refractivity contribution in [3.05, 3.63) is 42.0 Å². The Kier molecular flexibility index (Phi) is 9.05. The average molecular weight is 335 g/mol. The van der Waals surface area contributed by atoms with E-state index in [4.69, 9.17) is 4.74 Å². The van der Waals surface area contributed by atoms with E-state index in [1.165, 1.54) is 29.2 Å². The SMILES string of the molecule is CCCCc1c(OCCN(CC)CC)ccc2ccccc12.[Cl-]. The fourth-order valence-corrected chi connectivity index (χ4v) is 2.89. The maximum atomic E-state index is 6.13. The Bertz CT molecular complexity index is 581. The number of fused-ring (bicyclic) bond motifs is 1. The Hall–Kier alpha value is -1.25. The van der Waals surface area contributed by atoms with Crippen molar-refractivity contribution in [3.8, 4) is 5.75 Å². The van der Waals surface area contributed by atoms with Gasteiger partial charge in [0.2, 0.25) is 0 Å². The molecular weight excluding hydrogens is 306 g/mol. The zero-order valence-corrected chi connectivity index (χ0v) is 15.4. The normalized spacial score (nSPS) is 10.8. The predicted molar refractivity (Wildman–Crippen MR) is 95.8 cm³/mol. The minimum absolute atomic E-state index is 0. The van der Waals surface area contributed by atoms with E-state index in [1.807, 2.05) is 0 Å². The van der Waals surface area contributed by atoms with Crippen LogP contribution in [-0.2, 0) is 6.42 Å². The lowest BCUT2D eigenvalue weighted by Crippen LogP contribution is -3.00. The molecule has 0 heterocycles. The number of halogens is 1. The van der Waals surface area contributed by atoms with Gasteiger partial charge in [-0.1, -0.05) is 57.5 Å². The van der Waals surface area contributed by atoms with Crippen LogP contribution in [-0.4, -0.2) is 31.1 Å². The number of unbranched alkanes of at least 4 members (excludes halogenated alkanes) is 1. The third-order valence-electron chi connectivity index (χ3n) is 4.34. The first-order chi connectivity index (χ1) is 10.8. The lowest BCUT2D eigenvalue weighted by atomic mass is 9.99. The molecule has 0 spiro atoms. The molecular formula is C20H29ClNO-. The van der Waals surface area contributed by atoms with Gasteiger partial charge in [-0.25, -0.2) is 0 Å². The molecule has 23 heavy (non-hydrogen) atoms. The highest BCUT2D eigenvalue weighted by Gasteiger charge is 2.09. The molecule has 2 aromatic rings. The molecule has 0 aliphatic carbocycles. The molecule has 0 amide bonds. The quantitative estimate of drug-likeness (QED) is 0.694. The van der Waals surface area contributed by atoms with Crippen LogP contribution in [0, 0.1) is 0 Å². The minimum atomic E-state index is 0. The van der Waals surface area contributed by atoms with E-state index in [-0.39, 0.29) is 12.4 Å². The highest BCUT2D eigenvalue weighted by atomic mass is 35.5. The van der Waals surface area contributed by atoms with Crippen LogP contribution >= 0.6 is 0 Å². The van der Waals surface area contributed by atoms with Crippen molar-refractivity contribution in [2.45, 2.75) is 40.0 Å². The Morgan fingerprint density at radius 2 is 1.70 bits per heavy atom. The Morgan fingerprint density at radius 1 is 0.957 bits per heavy atom. The summed E-state index contributed by atoms with van der Waals surface area (Å²) in [5, 5.41) is 2.65. The van der Waals surface area contributed by atoms with Gasteiger partial charge in [0, 0.05) is 12.1 Å². The molecule has 2 aromatic carbocycles. The van der Waals surface area contributed by atoms with Gasteiger partial charge in [-0.05, 0) is 42.8 Å². The Morgan fingerprint density at radius 3 is 2.39 bits per heavy atom. The predicted octanol–water partition coefficient (Wildman–Crippen LogP) is 1.91. The standard InChI is InChI=1S/C20H29NO.ClH/c1-4-7-11-19-18-12-9-8-10-17(18)13-14-20(19)22-16-15-21(5-2)6-3;/h8-10,12-14H,4-7,11,15-16H2,1-3H3;1H/p-1. The van der Waals surface area contributed by atoms with E-state index in [1.54, 1.807) is 0 Å². The summed E-state index contributed by atoms with van der Waals surface area (Å²) < 4.78 is 6.13. The first kappa shape index (κ1) is 19.8. The zero-order valence-electron chi connectivity index (χ0n) is 14.6. The van der Waals surface area contributed by atoms with Crippen LogP contribution < -0.4 is 17.1 Å². The van der Waals surface area contributed by atoms with Crippen LogP contribution in [0.3, 0.4) is 0 Å². The number of ether oxygens (including phenoxy) is 1. The number of benzene rings is 2. The van der Waals surface area contributed by atoms with Crippen LogP contribution in [0.2, 0.25) is 0 Å². The largest absolute Gasteiger partial charge is 1.00 e. The van der Waals surface area contributed by atoms with Gasteiger partial charge in [0.25, 0.3) is 0 Å². The van der Waals surface area contributed by atoms with Crippen molar-refractivity contribution in [3.63, 3.8) is 0 Å². The smallest absolute Gasteiger partial charge is 0.123 e. The van der Waals surface area contributed by atoms with Crippen LogP contribution in [0.1, 0.15) is 39.2 Å². The molecule has 0 aliphatic rings. The van der Waals surface area contributed by atoms with E-state index < -0.39 is 0 Å². The van der Waals surface area contributed by atoms with Crippen molar-refractivity contribution in [2.24, 2.45) is 0 Å². The molecule has 0 atom stereocenters. The van der Waals surface area contributed by atoms with Crippen molar-refractivity contribution >= 4 is 10.8 Å². The average Bonchev–Trinajstić information content (AvgIpc) is 2.57. The molecule has 0 unspecified atom stereocenters. The molecule has 0 saturated carbocycles. The molecule has 128 valence electrons. The maximum Gasteiger partial charge on any atom is 0.123 e. The summed E-state index contributed by atoms with van der Waals surface area (Å²) in [7, 11) is 0. The number of rotatable bonds is 9. The molecule has 0 saturated heterocycles. The van der Waals surface area contributed by atoms with Crippen LogP contribution in [0.4, 0.5) is 0 Å². The summed E-state index contributed by atoms with van der Waals surface area (Å²) in [5.74, 6) is 1.07. The molecule has 0 radical (unpaired) electrons. The van der Waals surface area contributed by atoms with Crippen molar-refractivity contribution in [1.29, 1.82) is 0 Å². The second-order valence-corrected chi connectivity index (χ2v) is 5.74. The molecule has 0 aliphatic heterocycles. The number of aryl methyl sites for hydroxylation is 1. The van der Waals surface area contributed by atoms with Gasteiger partial charge in [0.1, 0.15) is 12.4 Å². The second-order valence-electron chi connectivity index (χ2n) is 5.74. The maximum absolute atomic E-state index is 6.13. The lowest BCUT2D eigenvalue weighted by Gasteiger charge is -2.19. The second kappa shape index (κ2) is 10.5. The highest BCUT2D eigenvalue weighted by molar-refractivity contribution is 5.87. The fourth-order valence-electron chi connectivity index (χ4n) is 2.89. The first-order valence-corrected chi connectivity index (χ1v) is 8.65. The van der Waals surface area contributed by atoms with Crippen LogP contribution in [0.15, 0.2) is 36.4 Å². The van der Waals surface area contributed by atoms with Crippen molar-refractivity contribution in [2.75, 3.05) is 26.2 Å². The van der Waals surface area contributed by atoms with Gasteiger partial charge in [-0.15, -0.1) is 0 Å².